The van der Waals surface area contributed by atoms with Crippen LogP contribution in [0, 0.1) is 0 Å². The van der Waals surface area contributed by atoms with Gasteiger partial charge in [-0.3, -0.25) is 4.79 Å². The smallest absolute Gasteiger partial charge is 0.258 e. The lowest BCUT2D eigenvalue weighted by molar-refractivity contribution is -0.123. The summed E-state index contributed by atoms with van der Waals surface area (Å²) in [6.45, 7) is 5.72. The molecule has 0 aromatic heterocycles. The topological polar surface area (TPSA) is 58.6 Å². The van der Waals surface area contributed by atoms with Crippen LogP contribution in [-0.4, -0.2) is 23.7 Å². The number of benzene rings is 1. The van der Waals surface area contributed by atoms with Gasteiger partial charge in [0, 0.05) is 11.6 Å². The highest BCUT2D eigenvalue weighted by atomic mass is 16.5. The van der Waals surface area contributed by atoms with E-state index in [1.165, 1.54) is 0 Å². The lowest BCUT2D eigenvalue weighted by atomic mass is 10.1. The van der Waals surface area contributed by atoms with Crippen molar-refractivity contribution in [2.45, 2.75) is 45.8 Å². The fourth-order valence-electron chi connectivity index (χ4n) is 1.86. The van der Waals surface area contributed by atoms with E-state index in [1.54, 1.807) is 19.1 Å². The van der Waals surface area contributed by atoms with Gasteiger partial charge in [-0.2, -0.15) is 0 Å². The Morgan fingerprint density at radius 2 is 1.95 bits per heavy atom. The molecule has 0 aliphatic carbocycles. The number of carbonyl (C=O) groups excluding carboxylic acids is 1. The SMILES string of the molecule is CCC(CC)NC(=O)COc1ccccc1[C@H](C)O. The fraction of sp³-hybridized carbons (Fsp3) is 0.533. The molecule has 0 unspecified atom stereocenters. The van der Waals surface area contributed by atoms with Crippen LogP contribution in [0.3, 0.4) is 0 Å². The number of nitrogens with one attached hydrogen (secondary N) is 1. The summed E-state index contributed by atoms with van der Waals surface area (Å²) in [4.78, 5) is 11.7. The Balaban J connectivity index is 2.55. The number of aliphatic hydroxyl groups excluding tert-OH is 1. The minimum absolute atomic E-state index is 0.0275. The summed E-state index contributed by atoms with van der Waals surface area (Å²) in [5, 5.41) is 12.5. The van der Waals surface area contributed by atoms with Crippen molar-refractivity contribution in [1.82, 2.24) is 5.32 Å². The molecular weight excluding hydrogens is 242 g/mol. The van der Waals surface area contributed by atoms with Crippen molar-refractivity contribution < 1.29 is 14.6 Å². The molecule has 0 saturated heterocycles. The molecule has 4 nitrogen and oxygen atoms in total. The van der Waals surface area contributed by atoms with Gasteiger partial charge in [-0.25, -0.2) is 0 Å². The fourth-order valence-corrected chi connectivity index (χ4v) is 1.86. The zero-order valence-electron chi connectivity index (χ0n) is 11.8. The Morgan fingerprint density at radius 1 is 1.32 bits per heavy atom. The number of hydrogen-bond donors (Lipinski definition) is 2. The number of hydrogen-bond acceptors (Lipinski definition) is 3. The van der Waals surface area contributed by atoms with E-state index in [-0.39, 0.29) is 18.6 Å². The van der Waals surface area contributed by atoms with Gasteiger partial charge in [-0.1, -0.05) is 32.0 Å². The third-order valence-corrected chi connectivity index (χ3v) is 3.08. The standard InChI is InChI=1S/C15H23NO3/c1-4-12(5-2)16-15(18)10-19-14-9-7-6-8-13(14)11(3)17/h6-9,11-12,17H,4-5,10H2,1-3H3,(H,16,18)/t11-/m0/s1. The number of rotatable bonds is 7. The average Bonchev–Trinajstić information content (AvgIpc) is 2.42. The first-order valence-corrected chi connectivity index (χ1v) is 6.77. The number of carbonyl (C=O) groups is 1. The maximum Gasteiger partial charge on any atom is 0.258 e. The zero-order chi connectivity index (χ0) is 14.3. The van der Waals surface area contributed by atoms with Gasteiger partial charge in [-0.15, -0.1) is 0 Å². The minimum Gasteiger partial charge on any atom is -0.483 e. The number of ether oxygens (including phenoxy) is 1. The lowest BCUT2D eigenvalue weighted by Crippen LogP contribution is -2.37. The molecule has 0 aliphatic rings. The molecule has 0 bridgehead atoms. The van der Waals surface area contributed by atoms with Gasteiger partial charge in [0.1, 0.15) is 5.75 Å². The van der Waals surface area contributed by atoms with Crippen LogP contribution in [0.1, 0.15) is 45.3 Å². The predicted molar refractivity (Wildman–Crippen MR) is 75.1 cm³/mol. The van der Waals surface area contributed by atoms with E-state index in [1.807, 2.05) is 26.0 Å². The maximum absolute atomic E-state index is 11.7. The molecule has 1 amide bonds. The van der Waals surface area contributed by atoms with Crippen molar-refractivity contribution in [2.24, 2.45) is 0 Å². The maximum atomic E-state index is 11.7. The van der Waals surface area contributed by atoms with Gasteiger partial charge < -0.3 is 15.2 Å². The molecule has 0 aliphatic heterocycles. The highest BCUT2D eigenvalue weighted by Gasteiger charge is 2.12. The van der Waals surface area contributed by atoms with Gasteiger partial charge in [0.2, 0.25) is 0 Å². The summed E-state index contributed by atoms with van der Waals surface area (Å²) in [7, 11) is 0. The monoisotopic (exact) mass is 265 g/mol. The van der Waals surface area contributed by atoms with Gasteiger partial charge in [-0.05, 0) is 25.8 Å². The van der Waals surface area contributed by atoms with Crippen molar-refractivity contribution in [1.29, 1.82) is 0 Å². The van der Waals surface area contributed by atoms with Crippen molar-refractivity contribution in [3.8, 4) is 5.75 Å². The largest absolute Gasteiger partial charge is 0.483 e. The van der Waals surface area contributed by atoms with Gasteiger partial charge in [0.25, 0.3) is 5.91 Å². The Morgan fingerprint density at radius 3 is 2.53 bits per heavy atom. The second-order valence-electron chi connectivity index (χ2n) is 4.58. The Hall–Kier alpha value is -1.55. The third-order valence-electron chi connectivity index (χ3n) is 3.08. The first-order chi connectivity index (χ1) is 9.08. The first kappa shape index (κ1) is 15.5. The highest BCUT2D eigenvalue weighted by Crippen LogP contribution is 2.24. The molecule has 4 heteroatoms. The van der Waals surface area contributed by atoms with Gasteiger partial charge in [0.15, 0.2) is 6.61 Å². The third kappa shape index (κ3) is 4.91. The zero-order valence-corrected chi connectivity index (χ0v) is 11.8. The molecule has 1 atom stereocenters. The van der Waals surface area contributed by atoms with E-state index in [9.17, 15) is 9.90 Å². The van der Waals surface area contributed by atoms with Crippen LogP contribution in [0.5, 0.6) is 5.75 Å². The molecule has 1 aromatic carbocycles. The lowest BCUT2D eigenvalue weighted by Gasteiger charge is -2.16. The van der Waals surface area contributed by atoms with E-state index >= 15 is 0 Å². The van der Waals surface area contributed by atoms with E-state index in [0.717, 1.165) is 12.8 Å². The van der Waals surface area contributed by atoms with Crippen molar-refractivity contribution >= 4 is 5.91 Å². The summed E-state index contributed by atoms with van der Waals surface area (Å²) >= 11 is 0. The molecule has 106 valence electrons. The molecule has 1 rings (SSSR count). The van der Waals surface area contributed by atoms with E-state index in [2.05, 4.69) is 5.32 Å². The molecule has 0 heterocycles. The highest BCUT2D eigenvalue weighted by molar-refractivity contribution is 5.77. The van der Waals surface area contributed by atoms with Crippen molar-refractivity contribution in [2.75, 3.05) is 6.61 Å². The average molecular weight is 265 g/mol. The number of para-hydroxylation sites is 1. The molecule has 0 saturated carbocycles. The van der Waals surface area contributed by atoms with E-state index in [4.69, 9.17) is 4.74 Å². The molecule has 0 spiro atoms. The molecule has 2 N–H and O–H groups in total. The quantitative estimate of drug-likeness (QED) is 0.796. The van der Waals surface area contributed by atoms with Gasteiger partial charge in [0.05, 0.1) is 6.10 Å². The van der Waals surface area contributed by atoms with Crippen LogP contribution >= 0.6 is 0 Å². The minimum atomic E-state index is -0.613. The second-order valence-corrected chi connectivity index (χ2v) is 4.58. The van der Waals surface area contributed by atoms with E-state index < -0.39 is 6.10 Å². The van der Waals surface area contributed by atoms with Gasteiger partial charge >= 0.3 is 0 Å². The van der Waals surface area contributed by atoms with Crippen LogP contribution in [-0.2, 0) is 4.79 Å². The van der Waals surface area contributed by atoms with Crippen LogP contribution in [0.2, 0.25) is 0 Å². The second kappa shape index (κ2) is 7.79. The van der Waals surface area contributed by atoms with E-state index in [0.29, 0.717) is 11.3 Å². The summed E-state index contributed by atoms with van der Waals surface area (Å²) < 4.78 is 5.48. The summed E-state index contributed by atoms with van der Waals surface area (Å²) in [6, 6.07) is 7.40. The number of amides is 1. The number of aliphatic hydroxyl groups is 1. The van der Waals surface area contributed by atoms with Crippen LogP contribution in [0.25, 0.3) is 0 Å². The molecular formula is C15H23NO3. The summed E-state index contributed by atoms with van der Waals surface area (Å²) in [6.07, 6.45) is 1.21. The van der Waals surface area contributed by atoms with Crippen molar-refractivity contribution in [3.63, 3.8) is 0 Å². The van der Waals surface area contributed by atoms with Crippen LogP contribution < -0.4 is 10.1 Å². The summed E-state index contributed by atoms with van der Waals surface area (Å²) in [5.74, 6) is 0.422. The Kier molecular flexibility index (Phi) is 6.36. The normalized spacial score (nSPS) is 12.3. The summed E-state index contributed by atoms with van der Waals surface area (Å²) in [5.41, 5.74) is 0.692. The molecule has 0 fully saturated rings. The van der Waals surface area contributed by atoms with Crippen LogP contribution in [0.15, 0.2) is 24.3 Å². The first-order valence-electron chi connectivity index (χ1n) is 6.77. The molecule has 19 heavy (non-hydrogen) atoms. The van der Waals surface area contributed by atoms with Crippen LogP contribution in [0.4, 0.5) is 0 Å². The Bertz CT molecular complexity index is 400. The molecule has 1 aromatic rings. The Labute approximate surface area is 114 Å². The molecule has 0 radical (unpaired) electrons. The van der Waals surface area contributed by atoms with Crippen molar-refractivity contribution in [3.05, 3.63) is 29.8 Å². The predicted octanol–water partition coefficient (Wildman–Crippen LogP) is 2.42.